The van der Waals surface area contributed by atoms with Gasteiger partial charge in [0.2, 0.25) is 0 Å². The van der Waals surface area contributed by atoms with Gasteiger partial charge in [-0.2, -0.15) is 0 Å². The molecule has 0 saturated heterocycles. The minimum Gasteiger partial charge on any atom is -0.484 e. The van der Waals surface area contributed by atoms with E-state index in [2.05, 4.69) is 6.07 Å². The summed E-state index contributed by atoms with van der Waals surface area (Å²) in [6, 6.07) is 5.94. The zero-order valence-corrected chi connectivity index (χ0v) is 11.5. The first-order chi connectivity index (χ1) is 9.74. The highest BCUT2D eigenvalue weighted by Gasteiger charge is 2.15. The fraction of sp³-hybridized carbons (Fsp3) is 0.533. The SMILES string of the molecule is O=C(COc1ccc2c(c1)CCC2)N(CCO)CCO. The van der Waals surface area contributed by atoms with Gasteiger partial charge in [-0.15, -0.1) is 0 Å². The van der Waals surface area contributed by atoms with Crippen molar-refractivity contribution in [2.45, 2.75) is 19.3 Å². The van der Waals surface area contributed by atoms with Gasteiger partial charge in [0.25, 0.3) is 5.91 Å². The summed E-state index contributed by atoms with van der Waals surface area (Å²) in [5.41, 5.74) is 2.67. The largest absolute Gasteiger partial charge is 0.484 e. The molecule has 0 bridgehead atoms. The number of ether oxygens (including phenoxy) is 1. The Hall–Kier alpha value is -1.59. The Labute approximate surface area is 118 Å². The molecule has 0 fully saturated rings. The van der Waals surface area contributed by atoms with Crippen molar-refractivity contribution in [2.24, 2.45) is 0 Å². The van der Waals surface area contributed by atoms with E-state index in [-0.39, 0.29) is 38.8 Å². The summed E-state index contributed by atoms with van der Waals surface area (Å²) in [6.45, 7) is 0.119. The molecule has 0 saturated carbocycles. The summed E-state index contributed by atoms with van der Waals surface area (Å²) < 4.78 is 5.51. The quantitative estimate of drug-likeness (QED) is 0.756. The van der Waals surface area contributed by atoms with Gasteiger partial charge in [0.05, 0.1) is 13.2 Å². The third kappa shape index (κ3) is 3.71. The summed E-state index contributed by atoms with van der Waals surface area (Å²) in [4.78, 5) is 13.3. The van der Waals surface area contributed by atoms with Gasteiger partial charge in [-0.25, -0.2) is 0 Å². The molecule has 2 rings (SSSR count). The number of amides is 1. The lowest BCUT2D eigenvalue weighted by atomic mass is 10.1. The van der Waals surface area contributed by atoms with Crippen LogP contribution in [0.3, 0.4) is 0 Å². The fourth-order valence-electron chi connectivity index (χ4n) is 2.48. The summed E-state index contributed by atoms with van der Waals surface area (Å²) in [7, 11) is 0. The smallest absolute Gasteiger partial charge is 0.260 e. The van der Waals surface area contributed by atoms with Crippen LogP contribution in [0.4, 0.5) is 0 Å². The van der Waals surface area contributed by atoms with Crippen molar-refractivity contribution in [3.63, 3.8) is 0 Å². The third-order valence-corrected chi connectivity index (χ3v) is 3.52. The number of aliphatic hydroxyl groups excluding tert-OH is 2. The standard InChI is InChI=1S/C15H21NO4/c17-8-6-16(7-9-18)15(19)11-20-14-5-4-12-2-1-3-13(12)10-14/h4-5,10,17-18H,1-3,6-9,11H2. The van der Waals surface area contributed by atoms with Crippen molar-refractivity contribution in [1.29, 1.82) is 0 Å². The first-order valence-corrected chi connectivity index (χ1v) is 6.98. The average Bonchev–Trinajstić information content (AvgIpc) is 2.92. The van der Waals surface area contributed by atoms with Crippen LogP contribution >= 0.6 is 0 Å². The summed E-state index contributed by atoms with van der Waals surface area (Å²) in [6.07, 6.45) is 3.37. The van der Waals surface area contributed by atoms with Gasteiger partial charge in [0.1, 0.15) is 5.75 Å². The maximum Gasteiger partial charge on any atom is 0.260 e. The molecule has 110 valence electrons. The number of nitrogens with zero attached hydrogens (tertiary/aromatic N) is 1. The molecule has 0 unspecified atom stereocenters. The number of fused-ring (bicyclic) bond motifs is 1. The van der Waals surface area contributed by atoms with Crippen LogP contribution in [0.2, 0.25) is 0 Å². The monoisotopic (exact) mass is 279 g/mol. The minimum atomic E-state index is -0.228. The van der Waals surface area contributed by atoms with E-state index in [1.807, 2.05) is 12.1 Å². The Morgan fingerprint density at radius 1 is 1.15 bits per heavy atom. The maximum absolute atomic E-state index is 11.9. The summed E-state index contributed by atoms with van der Waals surface area (Å²) in [5.74, 6) is 0.473. The van der Waals surface area contributed by atoms with E-state index in [0.29, 0.717) is 5.75 Å². The molecule has 1 aromatic carbocycles. The zero-order valence-electron chi connectivity index (χ0n) is 11.5. The van der Waals surface area contributed by atoms with Gasteiger partial charge in [-0.3, -0.25) is 4.79 Å². The van der Waals surface area contributed by atoms with Crippen molar-refractivity contribution in [3.8, 4) is 5.75 Å². The third-order valence-electron chi connectivity index (χ3n) is 3.52. The van der Waals surface area contributed by atoms with Crippen LogP contribution in [0.25, 0.3) is 0 Å². The Morgan fingerprint density at radius 2 is 1.85 bits per heavy atom. The molecule has 1 amide bonds. The van der Waals surface area contributed by atoms with E-state index in [4.69, 9.17) is 14.9 Å². The number of aliphatic hydroxyl groups is 2. The Kier molecular flexibility index (Phi) is 5.38. The van der Waals surface area contributed by atoms with E-state index < -0.39 is 0 Å². The van der Waals surface area contributed by atoms with Crippen molar-refractivity contribution in [2.75, 3.05) is 32.9 Å². The molecular weight excluding hydrogens is 258 g/mol. The van der Waals surface area contributed by atoms with Crippen LogP contribution in [0.5, 0.6) is 5.75 Å². The van der Waals surface area contributed by atoms with Crippen molar-refractivity contribution < 1.29 is 19.7 Å². The second-order valence-corrected chi connectivity index (χ2v) is 4.90. The number of hydrogen-bond donors (Lipinski definition) is 2. The number of hydrogen-bond acceptors (Lipinski definition) is 4. The molecule has 20 heavy (non-hydrogen) atoms. The molecule has 0 aromatic heterocycles. The van der Waals surface area contributed by atoms with E-state index in [1.54, 1.807) is 0 Å². The predicted octanol–water partition coefficient (Wildman–Crippen LogP) is 0.367. The van der Waals surface area contributed by atoms with Crippen molar-refractivity contribution in [1.82, 2.24) is 4.90 Å². The van der Waals surface area contributed by atoms with Gasteiger partial charge in [-0.1, -0.05) is 6.07 Å². The number of benzene rings is 1. The number of rotatable bonds is 7. The molecule has 0 aliphatic heterocycles. The zero-order chi connectivity index (χ0) is 14.4. The van der Waals surface area contributed by atoms with Gasteiger partial charge >= 0.3 is 0 Å². The Bertz CT molecular complexity index is 455. The van der Waals surface area contributed by atoms with Crippen LogP contribution in [-0.4, -0.2) is 53.9 Å². The summed E-state index contributed by atoms with van der Waals surface area (Å²) >= 11 is 0. The van der Waals surface area contributed by atoms with Crippen LogP contribution in [0.1, 0.15) is 17.5 Å². The normalized spacial score (nSPS) is 13.1. The van der Waals surface area contributed by atoms with Crippen LogP contribution < -0.4 is 4.74 Å². The molecule has 1 aliphatic rings. The molecule has 0 radical (unpaired) electrons. The van der Waals surface area contributed by atoms with Crippen LogP contribution in [0, 0.1) is 0 Å². The van der Waals surface area contributed by atoms with Crippen molar-refractivity contribution in [3.05, 3.63) is 29.3 Å². The second kappa shape index (κ2) is 7.26. The summed E-state index contributed by atoms with van der Waals surface area (Å²) in [5, 5.41) is 17.8. The molecule has 2 N–H and O–H groups in total. The number of carbonyl (C=O) groups excluding carboxylic acids is 1. The molecule has 5 nitrogen and oxygen atoms in total. The van der Waals surface area contributed by atoms with Crippen LogP contribution in [0.15, 0.2) is 18.2 Å². The molecule has 5 heteroatoms. The molecule has 1 aliphatic carbocycles. The average molecular weight is 279 g/mol. The predicted molar refractivity (Wildman–Crippen MR) is 74.7 cm³/mol. The maximum atomic E-state index is 11.9. The molecule has 0 heterocycles. The van der Waals surface area contributed by atoms with Gasteiger partial charge in [0.15, 0.2) is 6.61 Å². The highest BCUT2D eigenvalue weighted by molar-refractivity contribution is 5.77. The van der Waals surface area contributed by atoms with Gasteiger partial charge < -0.3 is 19.8 Å². The molecular formula is C15H21NO4. The molecule has 0 atom stereocenters. The number of aryl methyl sites for hydroxylation is 2. The Balaban J connectivity index is 1.89. The Morgan fingerprint density at radius 3 is 2.55 bits per heavy atom. The van der Waals surface area contributed by atoms with Crippen LogP contribution in [-0.2, 0) is 17.6 Å². The minimum absolute atomic E-state index is 0.0706. The molecule has 1 aromatic rings. The first kappa shape index (κ1) is 14.8. The number of carbonyl (C=O) groups is 1. The van der Waals surface area contributed by atoms with E-state index >= 15 is 0 Å². The second-order valence-electron chi connectivity index (χ2n) is 4.90. The van der Waals surface area contributed by atoms with Crippen molar-refractivity contribution >= 4 is 5.91 Å². The fourth-order valence-corrected chi connectivity index (χ4v) is 2.48. The topological polar surface area (TPSA) is 70.0 Å². The lowest BCUT2D eigenvalue weighted by Gasteiger charge is -2.20. The molecule has 0 spiro atoms. The van der Waals surface area contributed by atoms with Gasteiger partial charge in [0, 0.05) is 13.1 Å². The highest BCUT2D eigenvalue weighted by Crippen LogP contribution is 2.25. The van der Waals surface area contributed by atoms with E-state index in [9.17, 15) is 4.79 Å². The van der Waals surface area contributed by atoms with E-state index in [1.165, 1.54) is 22.4 Å². The highest BCUT2D eigenvalue weighted by atomic mass is 16.5. The first-order valence-electron chi connectivity index (χ1n) is 6.98. The van der Waals surface area contributed by atoms with Gasteiger partial charge in [-0.05, 0) is 42.5 Å². The van der Waals surface area contributed by atoms with E-state index in [0.717, 1.165) is 12.8 Å². The lowest BCUT2D eigenvalue weighted by Crippen LogP contribution is -2.38. The lowest BCUT2D eigenvalue weighted by molar-refractivity contribution is -0.134.